The largest absolute Gasteiger partial charge is 0.484 e. The van der Waals surface area contributed by atoms with E-state index in [2.05, 4.69) is 5.32 Å². The summed E-state index contributed by atoms with van der Waals surface area (Å²) >= 11 is 0. The van der Waals surface area contributed by atoms with Crippen LogP contribution in [0.15, 0.2) is 54.6 Å². The molecule has 2 rings (SSSR count). The average molecular weight is 368 g/mol. The first-order valence-corrected chi connectivity index (χ1v) is 9.32. The number of aryl methyl sites for hydroxylation is 1. The molecule has 27 heavy (non-hydrogen) atoms. The van der Waals surface area contributed by atoms with Crippen molar-refractivity contribution in [3.63, 3.8) is 0 Å². The quantitative estimate of drug-likeness (QED) is 0.739. The van der Waals surface area contributed by atoms with Crippen LogP contribution < -0.4 is 10.1 Å². The van der Waals surface area contributed by atoms with Gasteiger partial charge in [0.2, 0.25) is 5.91 Å². The van der Waals surface area contributed by atoms with Crippen LogP contribution >= 0.6 is 0 Å². The number of nitrogens with zero attached hydrogens (tertiary/aromatic N) is 1. The van der Waals surface area contributed by atoms with E-state index in [1.807, 2.05) is 56.3 Å². The van der Waals surface area contributed by atoms with Crippen LogP contribution in [0, 0.1) is 6.92 Å². The van der Waals surface area contributed by atoms with Crippen molar-refractivity contribution in [3.05, 3.63) is 65.7 Å². The van der Waals surface area contributed by atoms with Crippen LogP contribution in [-0.4, -0.2) is 35.9 Å². The Labute approximate surface area is 161 Å². The third-order valence-electron chi connectivity index (χ3n) is 4.42. The molecule has 2 aromatic rings. The zero-order valence-corrected chi connectivity index (χ0v) is 16.3. The molecule has 0 fully saturated rings. The van der Waals surface area contributed by atoms with E-state index in [1.165, 1.54) is 0 Å². The topological polar surface area (TPSA) is 58.6 Å². The summed E-state index contributed by atoms with van der Waals surface area (Å²) in [5.41, 5.74) is 2.10. The summed E-state index contributed by atoms with van der Waals surface area (Å²) in [6.45, 7) is 6.60. The van der Waals surface area contributed by atoms with Crippen molar-refractivity contribution in [3.8, 4) is 5.75 Å². The standard InChI is InChI=1S/C22H28N2O3/c1-4-14-23-22(26)18(3)24(15-19-11-9-8-10-17(19)2)21(25)16-27-20-12-6-5-7-13-20/h5-13,18H,4,14-16H2,1-3H3,(H,23,26)/t18-/m0/s1. The molecule has 0 saturated heterocycles. The summed E-state index contributed by atoms with van der Waals surface area (Å²) < 4.78 is 5.60. The summed E-state index contributed by atoms with van der Waals surface area (Å²) in [6.07, 6.45) is 0.849. The second-order valence-electron chi connectivity index (χ2n) is 6.52. The fourth-order valence-electron chi connectivity index (χ4n) is 2.69. The molecule has 5 heteroatoms. The van der Waals surface area contributed by atoms with Gasteiger partial charge in [0.25, 0.3) is 5.91 Å². The highest BCUT2D eigenvalue weighted by atomic mass is 16.5. The first-order valence-electron chi connectivity index (χ1n) is 9.32. The van der Waals surface area contributed by atoms with Crippen molar-refractivity contribution >= 4 is 11.8 Å². The van der Waals surface area contributed by atoms with Gasteiger partial charge in [-0.25, -0.2) is 0 Å². The predicted octanol–water partition coefficient (Wildman–Crippen LogP) is 3.32. The molecule has 0 heterocycles. The van der Waals surface area contributed by atoms with Crippen molar-refractivity contribution in [1.29, 1.82) is 0 Å². The fourth-order valence-corrected chi connectivity index (χ4v) is 2.69. The lowest BCUT2D eigenvalue weighted by Crippen LogP contribution is -2.49. The van der Waals surface area contributed by atoms with Crippen molar-refractivity contribution in [1.82, 2.24) is 10.2 Å². The van der Waals surface area contributed by atoms with Crippen LogP contribution in [-0.2, 0) is 16.1 Å². The highest BCUT2D eigenvalue weighted by Gasteiger charge is 2.26. The molecule has 0 aromatic heterocycles. The van der Waals surface area contributed by atoms with Gasteiger partial charge in [-0.15, -0.1) is 0 Å². The lowest BCUT2D eigenvalue weighted by molar-refractivity contribution is -0.142. The van der Waals surface area contributed by atoms with Gasteiger partial charge in [-0.05, 0) is 43.5 Å². The highest BCUT2D eigenvalue weighted by molar-refractivity contribution is 5.87. The number of benzene rings is 2. The van der Waals surface area contributed by atoms with Crippen LogP contribution in [0.3, 0.4) is 0 Å². The van der Waals surface area contributed by atoms with Crippen LogP contribution in [0.25, 0.3) is 0 Å². The van der Waals surface area contributed by atoms with Gasteiger partial charge < -0.3 is 15.0 Å². The van der Waals surface area contributed by atoms with Crippen LogP contribution in [0.4, 0.5) is 0 Å². The average Bonchev–Trinajstić information content (AvgIpc) is 2.70. The maximum Gasteiger partial charge on any atom is 0.261 e. The predicted molar refractivity (Wildman–Crippen MR) is 106 cm³/mol. The molecule has 144 valence electrons. The lowest BCUT2D eigenvalue weighted by Gasteiger charge is -2.29. The van der Waals surface area contributed by atoms with Crippen molar-refractivity contribution in [2.75, 3.05) is 13.2 Å². The van der Waals surface area contributed by atoms with E-state index >= 15 is 0 Å². The van der Waals surface area contributed by atoms with Gasteiger partial charge in [0.15, 0.2) is 6.61 Å². The summed E-state index contributed by atoms with van der Waals surface area (Å²) in [4.78, 5) is 26.9. The molecular formula is C22H28N2O3. The molecule has 2 aromatic carbocycles. The number of rotatable bonds is 9. The molecule has 0 bridgehead atoms. The molecule has 0 unspecified atom stereocenters. The normalized spacial score (nSPS) is 11.5. The molecule has 1 atom stereocenters. The molecule has 0 radical (unpaired) electrons. The SMILES string of the molecule is CCCNC(=O)[C@H](C)N(Cc1ccccc1C)C(=O)COc1ccccc1. The van der Waals surface area contributed by atoms with Crippen molar-refractivity contribution in [2.45, 2.75) is 39.8 Å². The van der Waals surface area contributed by atoms with E-state index in [4.69, 9.17) is 4.74 Å². The molecule has 0 aliphatic carbocycles. The Morgan fingerprint density at radius 3 is 2.41 bits per heavy atom. The molecular weight excluding hydrogens is 340 g/mol. The molecule has 0 saturated carbocycles. The van der Waals surface area contributed by atoms with Gasteiger partial charge in [0, 0.05) is 13.1 Å². The summed E-state index contributed by atoms with van der Waals surface area (Å²) in [5.74, 6) is 0.254. The summed E-state index contributed by atoms with van der Waals surface area (Å²) in [7, 11) is 0. The molecule has 0 aliphatic heterocycles. The Morgan fingerprint density at radius 1 is 1.07 bits per heavy atom. The maximum absolute atomic E-state index is 12.9. The Hall–Kier alpha value is -2.82. The van der Waals surface area contributed by atoms with Crippen LogP contribution in [0.1, 0.15) is 31.4 Å². The van der Waals surface area contributed by atoms with Gasteiger partial charge in [-0.2, -0.15) is 0 Å². The van der Waals surface area contributed by atoms with E-state index < -0.39 is 6.04 Å². The van der Waals surface area contributed by atoms with Gasteiger partial charge in [-0.3, -0.25) is 9.59 Å². The zero-order valence-electron chi connectivity index (χ0n) is 16.3. The first kappa shape index (κ1) is 20.5. The Kier molecular flexibility index (Phi) is 7.86. The summed E-state index contributed by atoms with van der Waals surface area (Å²) in [6, 6.07) is 16.5. The van der Waals surface area contributed by atoms with Crippen LogP contribution in [0.2, 0.25) is 0 Å². The molecule has 5 nitrogen and oxygen atoms in total. The Morgan fingerprint density at radius 2 is 1.74 bits per heavy atom. The molecule has 1 N–H and O–H groups in total. The highest BCUT2D eigenvalue weighted by Crippen LogP contribution is 2.15. The number of carbonyl (C=O) groups is 2. The first-order chi connectivity index (χ1) is 13.0. The Balaban J connectivity index is 2.13. The molecule has 0 spiro atoms. The van der Waals surface area contributed by atoms with E-state index in [0.717, 1.165) is 17.5 Å². The van der Waals surface area contributed by atoms with E-state index in [1.54, 1.807) is 24.0 Å². The smallest absolute Gasteiger partial charge is 0.261 e. The minimum Gasteiger partial charge on any atom is -0.484 e. The number of ether oxygens (including phenoxy) is 1. The van der Waals surface area contributed by atoms with Gasteiger partial charge in [0.1, 0.15) is 11.8 Å². The number of para-hydroxylation sites is 1. The number of nitrogens with one attached hydrogen (secondary N) is 1. The third-order valence-corrected chi connectivity index (χ3v) is 4.42. The van der Waals surface area contributed by atoms with E-state index in [-0.39, 0.29) is 18.4 Å². The number of amides is 2. The van der Waals surface area contributed by atoms with E-state index in [9.17, 15) is 9.59 Å². The lowest BCUT2D eigenvalue weighted by atomic mass is 10.1. The fraction of sp³-hybridized carbons (Fsp3) is 0.364. The van der Waals surface area contributed by atoms with Gasteiger partial charge >= 0.3 is 0 Å². The van der Waals surface area contributed by atoms with Crippen molar-refractivity contribution in [2.24, 2.45) is 0 Å². The summed E-state index contributed by atoms with van der Waals surface area (Å²) in [5, 5.41) is 2.87. The molecule has 2 amide bonds. The second-order valence-corrected chi connectivity index (χ2v) is 6.52. The second kappa shape index (κ2) is 10.4. The number of hydrogen-bond donors (Lipinski definition) is 1. The number of hydrogen-bond acceptors (Lipinski definition) is 3. The van der Waals surface area contributed by atoms with Crippen molar-refractivity contribution < 1.29 is 14.3 Å². The van der Waals surface area contributed by atoms with E-state index in [0.29, 0.717) is 18.8 Å². The maximum atomic E-state index is 12.9. The zero-order chi connectivity index (χ0) is 19.6. The third kappa shape index (κ3) is 6.13. The Bertz CT molecular complexity index is 746. The van der Waals surface area contributed by atoms with Gasteiger partial charge in [0.05, 0.1) is 0 Å². The number of carbonyl (C=O) groups excluding carboxylic acids is 2. The minimum absolute atomic E-state index is 0.110. The monoisotopic (exact) mass is 368 g/mol. The van der Waals surface area contributed by atoms with Gasteiger partial charge in [-0.1, -0.05) is 49.4 Å². The van der Waals surface area contributed by atoms with Crippen LogP contribution in [0.5, 0.6) is 5.75 Å². The minimum atomic E-state index is -0.581. The molecule has 0 aliphatic rings.